The van der Waals surface area contributed by atoms with Crippen molar-refractivity contribution >= 4 is 75.3 Å². The van der Waals surface area contributed by atoms with Crippen molar-refractivity contribution in [2.75, 3.05) is 0 Å². The Bertz CT molecular complexity index is 4460. The second-order valence-electron chi connectivity index (χ2n) is 15.3. The molecule has 0 saturated heterocycles. The van der Waals surface area contributed by atoms with Gasteiger partial charge in [-0.1, -0.05) is 139 Å². The van der Waals surface area contributed by atoms with Crippen LogP contribution in [-0.2, 0) is 0 Å². The van der Waals surface area contributed by atoms with E-state index in [-0.39, 0.29) is 86.8 Å². The highest BCUT2D eigenvalue weighted by Crippen LogP contribution is 2.43. The third kappa shape index (κ3) is 5.80. The van der Waals surface area contributed by atoms with Crippen LogP contribution in [0.2, 0.25) is 0 Å². The summed E-state index contributed by atoms with van der Waals surface area (Å²) >= 11 is 1.71. The monoisotopic (exact) mass is 831 g/mol. The predicted molar refractivity (Wildman–Crippen MR) is 262 cm³/mol. The highest BCUT2D eigenvalue weighted by molar-refractivity contribution is 7.26. The van der Waals surface area contributed by atoms with Crippen LogP contribution in [0, 0.1) is 0 Å². The average Bonchev–Trinajstić information content (AvgIpc) is 4.11. The zero-order valence-electron chi connectivity index (χ0n) is 42.0. The van der Waals surface area contributed by atoms with E-state index in [4.69, 9.17) is 29.0 Å². The Balaban J connectivity index is 1.10. The van der Waals surface area contributed by atoms with E-state index in [0.29, 0.717) is 39.1 Å². The normalized spacial score (nSPS) is 13.8. The van der Waals surface area contributed by atoms with Crippen molar-refractivity contribution in [3.8, 4) is 62.1 Å². The number of furan rings is 1. The molecule has 0 amide bonds. The van der Waals surface area contributed by atoms with Gasteiger partial charge in [-0.05, 0) is 88.9 Å². The SMILES string of the molecule is [2H]c1cc(-c2nc(-c3cccc(-c4ccccc4)c3)nc(-c3ccc4sc5cccc(-c6ccccc6)c5c4c3)n2)c2c(oc3c([2H])c([2H])c(-n4c5c([2H])cccc5c5c([2H])c([2H])c([2H])c([2H])c54)cc32)c1[2H]. The van der Waals surface area contributed by atoms with Gasteiger partial charge in [-0.3, -0.25) is 0 Å². The molecule has 0 spiro atoms. The van der Waals surface area contributed by atoms with E-state index in [2.05, 4.69) is 42.5 Å². The molecular weight excluding hydrogens is 789 g/mol. The fourth-order valence-corrected chi connectivity index (χ4v) is 9.86. The van der Waals surface area contributed by atoms with Crippen LogP contribution in [0.1, 0.15) is 12.3 Å². The molecule has 13 rings (SSSR count). The second-order valence-corrected chi connectivity index (χ2v) is 16.3. The zero-order chi connectivity index (χ0) is 49.3. The maximum Gasteiger partial charge on any atom is 0.164 e. The number of benzene rings is 9. The van der Waals surface area contributed by atoms with Crippen molar-refractivity contribution in [3.05, 3.63) is 206 Å². The third-order valence-electron chi connectivity index (χ3n) is 11.6. The largest absolute Gasteiger partial charge is 0.456 e. The van der Waals surface area contributed by atoms with Crippen LogP contribution in [0.5, 0.6) is 0 Å². The van der Waals surface area contributed by atoms with Crippen LogP contribution in [-0.4, -0.2) is 19.5 Å². The summed E-state index contributed by atoms with van der Waals surface area (Å²) in [6.07, 6.45) is 0. The Morgan fingerprint density at radius 3 is 2.02 bits per heavy atom. The van der Waals surface area contributed by atoms with E-state index in [1.807, 2.05) is 78.9 Å². The van der Waals surface area contributed by atoms with Crippen LogP contribution in [0.4, 0.5) is 0 Å². The van der Waals surface area contributed by atoms with E-state index in [0.717, 1.165) is 42.4 Å². The molecule has 0 radical (unpaired) electrons. The van der Waals surface area contributed by atoms with E-state index < -0.39 is 12.1 Å². The summed E-state index contributed by atoms with van der Waals surface area (Å²) < 4.78 is 91.4. The van der Waals surface area contributed by atoms with Crippen molar-refractivity contribution in [1.82, 2.24) is 19.5 Å². The molecule has 6 heteroatoms. The molecule has 0 atom stereocenters. The number of fused-ring (bicyclic) bond motifs is 9. The van der Waals surface area contributed by atoms with Crippen molar-refractivity contribution in [2.45, 2.75) is 0 Å². The molecule has 4 aromatic heterocycles. The van der Waals surface area contributed by atoms with Gasteiger partial charge in [0.05, 0.1) is 23.4 Å². The summed E-state index contributed by atoms with van der Waals surface area (Å²) in [4.78, 5) is 15.5. The van der Waals surface area contributed by atoms with E-state index in [1.165, 1.54) is 16.7 Å². The van der Waals surface area contributed by atoms with Gasteiger partial charge in [-0.2, -0.15) is 0 Å². The fourth-order valence-electron chi connectivity index (χ4n) is 8.75. The van der Waals surface area contributed by atoms with Crippen LogP contribution in [0.15, 0.2) is 210 Å². The Labute approximate surface area is 378 Å². The summed E-state index contributed by atoms with van der Waals surface area (Å²) in [5, 5.41) is 3.27. The lowest BCUT2D eigenvalue weighted by molar-refractivity contribution is 0.669. The molecule has 0 aliphatic carbocycles. The molecule has 0 N–H and O–H groups in total. The van der Waals surface area contributed by atoms with Crippen LogP contribution >= 0.6 is 11.3 Å². The molecule has 0 fully saturated rings. The quantitative estimate of drug-likeness (QED) is 0.167. The Hall–Kier alpha value is -8.19. The first-order valence-corrected chi connectivity index (χ1v) is 21.2. The molecule has 294 valence electrons. The molecule has 5 nitrogen and oxygen atoms in total. The topological polar surface area (TPSA) is 56.7 Å². The van der Waals surface area contributed by atoms with Gasteiger partial charge in [0.25, 0.3) is 0 Å². The first-order chi connectivity index (χ1) is 34.9. The summed E-state index contributed by atoms with van der Waals surface area (Å²) in [7, 11) is 0. The Morgan fingerprint density at radius 2 is 1.14 bits per heavy atom. The molecule has 9 aromatic carbocycles. The second kappa shape index (κ2) is 14.2. The molecule has 0 aliphatic heterocycles. The van der Waals surface area contributed by atoms with Crippen LogP contribution in [0.3, 0.4) is 0 Å². The van der Waals surface area contributed by atoms with Gasteiger partial charge in [0.15, 0.2) is 17.5 Å². The molecule has 0 saturated carbocycles. The van der Waals surface area contributed by atoms with Gasteiger partial charge >= 0.3 is 0 Å². The van der Waals surface area contributed by atoms with Crippen molar-refractivity contribution in [3.63, 3.8) is 0 Å². The van der Waals surface area contributed by atoms with Crippen molar-refractivity contribution in [1.29, 1.82) is 0 Å². The molecule has 0 bridgehead atoms. The lowest BCUT2D eigenvalue weighted by Gasteiger charge is -2.11. The molecular formula is C57H34N4OS. The standard InChI is InChI=1S/C57H34N4OS/c1-3-14-35(15-4-1)37-18-11-19-38(32-37)55-58-56(39-28-31-51-46(33-39)54-41(22-13-27-52(54)63-51)36-16-5-2-6-17-36)60-57(59-55)44-23-12-26-50-53(44)45-34-40(29-30-49(45)62-50)61-47-24-9-7-20-42(47)43-21-8-10-25-48(43)61/h1-34H/i7D,9D,12D,20D,24D,25D,26D,29D,30D. The molecule has 4 heterocycles. The summed E-state index contributed by atoms with van der Waals surface area (Å²) in [5.41, 5.74) is 6.10. The number of thiophene rings is 1. The Morgan fingerprint density at radius 1 is 0.413 bits per heavy atom. The first kappa shape index (κ1) is 27.6. The minimum Gasteiger partial charge on any atom is -0.456 e. The van der Waals surface area contributed by atoms with Crippen LogP contribution < -0.4 is 0 Å². The summed E-state index contributed by atoms with van der Waals surface area (Å²) in [6, 6.07) is 45.9. The highest BCUT2D eigenvalue weighted by Gasteiger charge is 2.21. The summed E-state index contributed by atoms with van der Waals surface area (Å²) in [6.45, 7) is 0. The van der Waals surface area contributed by atoms with E-state index in [9.17, 15) is 2.74 Å². The first-order valence-electron chi connectivity index (χ1n) is 24.9. The van der Waals surface area contributed by atoms with Gasteiger partial charge in [-0.25, -0.2) is 15.0 Å². The predicted octanol–water partition coefficient (Wildman–Crippen LogP) is 15.6. The van der Waals surface area contributed by atoms with Gasteiger partial charge < -0.3 is 8.98 Å². The number of para-hydroxylation sites is 2. The minimum absolute atomic E-state index is 0.00289. The third-order valence-corrected chi connectivity index (χ3v) is 12.7. The smallest absolute Gasteiger partial charge is 0.164 e. The molecule has 0 aliphatic rings. The van der Waals surface area contributed by atoms with E-state index in [1.54, 1.807) is 29.5 Å². The zero-order valence-corrected chi connectivity index (χ0v) is 33.9. The number of rotatable bonds is 6. The lowest BCUT2D eigenvalue weighted by atomic mass is 9.99. The molecule has 63 heavy (non-hydrogen) atoms. The van der Waals surface area contributed by atoms with Gasteiger partial charge in [0.1, 0.15) is 11.2 Å². The number of hydrogen-bond acceptors (Lipinski definition) is 5. The van der Waals surface area contributed by atoms with Gasteiger partial charge in [-0.15, -0.1) is 11.3 Å². The maximum atomic E-state index is 9.43. The lowest BCUT2D eigenvalue weighted by Crippen LogP contribution is -2.00. The molecule has 13 aromatic rings. The number of aromatic nitrogens is 4. The highest BCUT2D eigenvalue weighted by atomic mass is 32.1. The van der Waals surface area contributed by atoms with E-state index >= 15 is 0 Å². The fraction of sp³-hybridized carbons (Fsp3) is 0. The number of nitrogens with zero attached hydrogens (tertiary/aromatic N) is 4. The van der Waals surface area contributed by atoms with Crippen molar-refractivity contribution < 1.29 is 16.8 Å². The van der Waals surface area contributed by atoms with Crippen LogP contribution in [0.25, 0.3) is 126 Å². The minimum atomic E-state index is -0.488. The van der Waals surface area contributed by atoms with Gasteiger partial charge in [0.2, 0.25) is 0 Å². The van der Waals surface area contributed by atoms with Gasteiger partial charge in [0, 0.05) is 64.1 Å². The summed E-state index contributed by atoms with van der Waals surface area (Å²) in [5.74, 6) is 0.843. The molecule has 0 unspecified atom stereocenters. The van der Waals surface area contributed by atoms with Crippen molar-refractivity contribution in [2.24, 2.45) is 0 Å². The average molecular weight is 832 g/mol. The Kier molecular flexibility index (Phi) is 6.22. The number of hydrogen-bond donors (Lipinski definition) is 0. The maximum absolute atomic E-state index is 9.43.